The quantitative estimate of drug-likeness (QED) is 0.658. The Morgan fingerprint density at radius 1 is 1.00 bits per heavy atom. The molecule has 1 heterocycles. The van der Waals surface area contributed by atoms with Crippen LogP contribution in [0.15, 0.2) is 40.5 Å². The van der Waals surface area contributed by atoms with Crippen molar-refractivity contribution in [2.45, 2.75) is 41.5 Å². The van der Waals surface area contributed by atoms with Gasteiger partial charge in [-0.1, -0.05) is 45.0 Å². The van der Waals surface area contributed by atoms with Crippen LogP contribution in [0.3, 0.4) is 0 Å². The summed E-state index contributed by atoms with van der Waals surface area (Å²) in [5.41, 5.74) is 6.41. The predicted octanol–water partition coefficient (Wildman–Crippen LogP) is 4.75. The molecule has 1 aromatic rings. The van der Waals surface area contributed by atoms with E-state index in [-0.39, 0.29) is 0 Å². The van der Waals surface area contributed by atoms with Gasteiger partial charge >= 0.3 is 0 Å². The topological polar surface area (TPSA) is 12.4 Å². The first-order valence-corrected chi connectivity index (χ1v) is 6.43. The largest absolute Gasteiger partial charge is 0.257 e. The highest BCUT2D eigenvalue weighted by atomic mass is 14.8. The summed E-state index contributed by atoms with van der Waals surface area (Å²) in [4.78, 5) is 4.68. The van der Waals surface area contributed by atoms with E-state index >= 15 is 0 Å². The standard InChI is InChI=1S/C14H17N.C2H6/c1-9-7-5-6-8-13(9)14-11(3)10(2)12(4)15-14;1-2/h5-8,11H,1-4H3;1-2H3. The summed E-state index contributed by atoms with van der Waals surface area (Å²) in [6.07, 6.45) is 0. The first kappa shape index (κ1) is 13.7. The fourth-order valence-electron chi connectivity index (χ4n) is 2.04. The molecule has 0 aliphatic carbocycles. The van der Waals surface area contributed by atoms with Gasteiger partial charge < -0.3 is 0 Å². The van der Waals surface area contributed by atoms with Gasteiger partial charge in [0, 0.05) is 11.6 Å². The molecule has 17 heavy (non-hydrogen) atoms. The summed E-state index contributed by atoms with van der Waals surface area (Å²) >= 11 is 0. The smallest absolute Gasteiger partial charge is 0.0550 e. The second-order valence-corrected chi connectivity index (χ2v) is 4.30. The number of aryl methyl sites for hydroxylation is 1. The Balaban J connectivity index is 0.000000686. The molecule has 0 amide bonds. The van der Waals surface area contributed by atoms with Gasteiger partial charge in [-0.2, -0.15) is 0 Å². The molecule has 0 aromatic heterocycles. The van der Waals surface area contributed by atoms with E-state index in [0.29, 0.717) is 5.92 Å². The number of hydrogen-bond donors (Lipinski definition) is 0. The fourth-order valence-corrected chi connectivity index (χ4v) is 2.04. The van der Waals surface area contributed by atoms with Crippen molar-refractivity contribution in [3.05, 3.63) is 46.7 Å². The van der Waals surface area contributed by atoms with Crippen molar-refractivity contribution in [2.24, 2.45) is 10.9 Å². The second kappa shape index (κ2) is 5.81. The van der Waals surface area contributed by atoms with Gasteiger partial charge in [0.15, 0.2) is 0 Å². The van der Waals surface area contributed by atoms with Crippen molar-refractivity contribution in [3.63, 3.8) is 0 Å². The van der Waals surface area contributed by atoms with Crippen LogP contribution in [-0.4, -0.2) is 5.71 Å². The van der Waals surface area contributed by atoms with Gasteiger partial charge in [0.25, 0.3) is 0 Å². The molecular formula is C16H23N. The highest BCUT2D eigenvalue weighted by Crippen LogP contribution is 2.29. The van der Waals surface area contributed by atoms with Crippen LogP contribution in [0.5, 0.6) is 0 Å². The van der Waals surface area contributed by atoms with Crippen LogP contribution in [0.4, 0.5) is 0 Å². The maximum absolute atomic E-state index is 4.68. The third-order valence-electron chi connectivity index (χ3n) is 3.34. The van der Waals surface area contributed by atoms with E-state index in [9.17, 15) is 0 Å². The van der Waals surface area contributed by atoms with Crippen LogP contribution in [0.25, 0.3) is 0 Å². The molecule has 0 bridgehead atoms. The molecule has 1 aliphatic heterocycles. The van der Waals surface area contributed by atoms with Crippen molar-refractivity contribution in [1.29, 1.82) is 0 Å². The lowest BCUT2D eigenvalue weighted by molar-refractivity contribution is 0.927. The molecule has 0 radical (unpaired) electrons. The number of aliphatic imine (C=N–C) groups is 1. The molecule has 92 valence electrons. The van der Waals surface area contributed by atoms with Gasteiger partial charge in [0.1, 0.15) is 0 Å². The third-order valence-corrected chi connectivity index (χ3v) is 3.34. The van der Waals surface area contributed by atoms with Crippen LogP contribution in [0, 0.1) is 12.8 Å². The lowest BCUT2D eigenvalue weighted by Crippen LogP contribution is -2.11. The minimum atomic E-state index is 0.464. The molecule has 0 spiro atoms. The van der Waals surface area contributed by atoms with Crippen LogP contribution in [-0.2, 0) is 0 Å². The summed E-state index contributed by atoms with van der Waals surface area (Å²) in [5, 5.41) is 0. The van der Waals surface area contributed by atoms with Crippen LogP contribution < -0.4 is 0 Å². The van der Waals surface area contributed by atoms with E-state index in [1.54, 1.807) is 0 Å². The minimum Gasteiger partial charge on any atom is -0.257 e. The molecular weight excluding hydrogens is 206 g/mol. The molecule has 1 nitrogen and oxygen atoms in total. The molecule has 0 N–H and O–H groups in total. The van der Waals surface area contributed by atoms with Gasteiger partial charge in [0.05, 0.1) is 5.71 Å². The lowest BCUT2D eigenvalue weighted by atomic mass is 9.92. The molecule has 1 aliphatic rings. The summed E-state index contributed by atoms with van der Waals surface area (Å²) in [5.74, 6) is 0.464. The SMILES string of the molecule is CC.CC1=C(C)C(C)C(c2ccccc2C)=N1. The Labute approximate surface area is 105 Å². The number of nitrogens with zero attached hydrogens (tertiary/aromatic N) is 1. The number of rotatable bonds is 1. The van der Waals surface area contributed by atoms with Crippen LogP contribution >= 0.6 is 0 Å². The van der Waals surface area contributed by atoms with Crippen molar-refractivity contribution < 1.29 is 0 Å². The highest BCUT2D eigenvalue weighted by Gasteiger charge is 2.22. The van der Waals surface area contributed by atoms with Gasteiger partial charge in [-0.3, -0.25) is 4.99 Å². The number of benzene rings is 1. The van der Waals surface area contributed by atoms with Crippen LogP contribution in [0.2, 0.25) is 0 Å². The zero-order chi connectivity index (χ0) is 13.0. The fraction of sp³-hybridized carbons (Fsp3) is 0.438. The molecule has 2 rings (SSSR count). The molecule has 0 fully saturated rings. The van der Waals surface area contributed by atoms with Crippen molar-refractivity contribution in [3.8, 4) is 0 Å². The van der Waals surface area contributed by atoms with E-state index < -0.39 is 0 Å². The zero-order valence-electron chi connectivity index (χ0n) is 11.8. The Morgan fingerprint density at radius 2 is 1.59 bits per heavy atom. The van der Waals surface area contributed by atoms with E-state index in [4.69, 9.17) is 0 Å². The van der Waals surface area contributed by atoms with E-state index in [0.717, 1.165) is 0 Å². The Hall–Kier alpha value is -1.37. The molecule has 0 saturated carbocycles. The summed E-state index contributed by atoms with van der Waals surface area (Å²) in [6, 6.07) is 8.47. The maximum Gasteiger partial charge on any atom is 0.0550 e. The minimum absolute atomic E-state index is 0.464. The summed E-state index contributed by atoms with van der Waals surface area (Å²) in [7, 11) is 0. The number of allylic oxidation sites excluding steroid dienone is 2. The van der Waals surface area contributed by atoms with Crippen molar-refractivity contribution in [1.82, 2.24) is 0 Å². The first-order chi connectivity index (χ1) is 8.11. The highest BCUT2D eigenvalue weighted by molar-refractivity contribution is 6.06. The zero-order valence-corrected chi connectivity index (χ0v) is 11.8. The lowest BCUT2D eigenvalue weighted by Gasteiger charge is -2.11. The molecule has 1 aromatic carbocycles. The Morgan fingerprint density at radius 3 is 2.06 bits per heavy atom. The van der Waals surface area contributed by atoms with Gasteiger partial charge in [-0.25, -0.2) is 0 Å². The maximum atomic E-state index is 4.68. The van der Waals surface area contributed by atoms with Crippen LogP contribution in [0.1, 0.15) is 45.7 Å². The molecule has 1 unspecified atom stereocenters. The first-order valence-electron chi connectivity index (χ1n) is 6.43. The van der Waals surface area contributed by atoms with Gasteiger partial charge in [-0.15, -0.1) is 0 Å². The summed E-state index contributed by atoms with van der Waals surface area (Å²) < 4.78 is 0. The number of hydrogen-bond acceptors (Lipinski definition) is 1. The Bertz CT molecular complexity index is 452. The molecule has 1 heteroatoms. The van der Waals surface area contributed by atoms with E-state index in [2.05, 4.69) is 57.0 Å². The predicted molar refractivity (Wildman–Crippen MR) is 76.6 cm³/mol. The summed E-state index contributed by atoms with van der Waals surface area (Å²) in [6.45, 7) is 12.6. The van der Waals surface area contributed by atoms with Gasteiger partial charge in [-0.05, 0) is 37.5 Å². The average Bonchev–Trinajstić information content (AvgIpc) is 2.60. The molecule has 0 saturated heterocycles. The van der Waals surface area contributed by atoms with Gasteiger partial charge in [0.2, 0.25) is 0 Å². The van der Waals surface area contributed by atoms with E-state index in [1.807, 2.05) is 13.8 Å². The third kappa shape index (κ3) is 2.66. The Kier molecular flexibility index (Phi) is 4.68. The van der Waals surface area contributed by atoms with Crippen molar-refractivity contribution >= 4 is 5.71 Å². The monoisotopic (exact) mass is 229 g/mol. The normalized spacial score (nSPS) is 18.7. The second-order valence-electron chi connectivity index (χ2n) is 4.30. The van der Waals surface area contributed by atoms with Crippen molar-refractivity contribution in [2.75, 3.05) is 0 Å². The molecule has 1 atom stereocenters. The van der Waals surface area contributed by atoms with E-state index in [1.165, 1.54) is 28.1 Å². The average molecular weight is 229 g/mol.